The van der Waals surface area contributed by atoms with Gasteiger partial charge < -0.3 is 15.3 Å². The number of nitrogens with zero attached hydrogens (tertiary/aromatic N) is 5. The van der Waals surface area contributed by atoms with Crippen molar-refractivity contribution in [2.45, 2.75) is 44.2 Å². The van der Waals surface area contributed by atoms with Crippen LogP contribution in [0.25, 0.3) is 16.6 Å². The number of halogens is 2. The summed E-state index contributed by atoms with van der Waals surface area (Å²) in [6, 6.07) is 15.3. The lowest BCUT2D eigenvalue weighted by molar-refractivity contribution is 0.121. The first-order valence-electron chi connectivity index (χ1n) is 13.7. The van der Waals surface area contributed by atoms with Crippen molar-refractivity contribution in [3.63, 3.8) is 0 Å². The first-order valence-corrected chi connectivity index (χ1v) is 14.1. The normalized spacial score (nSPS) is 20.9. The van der Waals surface area contributed by atoms with E-state index in [1.54, 1.807) is 6.07 Å². The van der Waals surface area contributed by atoms with E-state index in [4.69, 9.17) is 16.7 Å². The maximum atomic E-state index is 13.9. The molecule has 204 valence electrons. The zero-order valence-corrected chi connectivity index (χ0v) is 22.9. The summed E-state index contributed by atoms with van der Waals surface area (Å²) >= 11 is 6.04. The summed E-state index contributed by atoms with van der Waals surface area (Å²) < 4.78 is 15.9. The van der Waals surface area contributed by atoms with Gasteiger partial charge in [0.05, 0.1) is 17.8 Å². The molecule has 2 fully saturated rings. The molecular formula is C30H34ClFN6O. The fourth-order valence-corrected chi connectivity index (χ4v) is 6.00. The highest BCUT2D eigenvalue weighted by molar-refractivity contribution is 6.30. The average Bonchev–Trinajstić information content (AvgIpc) is 3.29. The van der Waals surface area contributed by atoms with Crippen LogP contribution in [0.4, 0.5) is 16.0 Å². The minimum Gasteiger partial charge on any atom is -0.393 e. The maximum Gasteiger partial charge on any atom is 0.245 e. The van der Waals surface area contributed by atoms with Crippen LogP contribution < -0.4 is 5.32 Å². The molecule has 0 radical (unpaired) electrons. The molecule has 39 heavy (non-hydrogen) atoms. The minimum atomic E-state index is -0.424. The highest BCUT2D eigenvalue weighted by Crippen LogP contribution is 2.38. The predicted molar refractivity (Wildman–Crippen MR) is 153 cm³/mol. The van der Waals surface area contributed by atoms with Gasteiger partial charge in [-0.3, -0.25) is 4.90 Å². The first-order chi connectivity index (χ1) is 18.9. The summed E-state index contributed by atoms with van der Waals surface area (Å²) in [6.07, 6.45) is 4.97. The molecule has 6 rings (SSSR count). The van der Waals surface area contributed by atoms with Crippen molar-refractivity contribution >= 4 is 28.8 Å². The lowest BCUT2D eigenvalue weighted by Gasteiger charge is -2.32. The molecule has 3 heterocycles. The molecule has 0 bridgehead atoms. The van der Waals surface area contributed by atoms with Crippen molar-refractivity contribution in [1.82, 2.24) is 24.4 Å². The van der Waals surface area contributed by atoms with E-state index in [1.165, 1.54) is 17.7 Å². The molecule has 0 atom stereocenters. The quantitative estimate of drug-likeness (QED) is 0.322. The van der Waals surface area contributed by atoms with Gasteiger partial charge in [-0.25, -0.2) is 13.9 Å². The second-order valence-corrected chi connectivity index (χ2v) is 11.4. The van der Waals surface area contributed by atoms with Gasteiger partial charge in [0.15, 0.2) is 0 Å². The largest absolute Gasteiger partial charge is 0.393 e. The molecule has 2 aliphatic rings. The van der Waals surface area contributed by atoms with Crippen LogP contribution in [0.3, 0.4) is 0 Å². The second kappa shape index (κ2) is 11.2. The Hall–Kier alpha value is -3.04. The maximum absolute atomic E-state index is 13.9. The lowest BCUT2D eigenvalue weighted by atomic mass is 9.85. The lowest BCUT2D eigenvalue weighted by Crippen LogP contribution is -2.43. The highest BCUT2D eigenvalue weighted by Gasteiger charge is 2.25. The van der Waals surface area contributed by atoms with Gasteiger partial charge in [0.2, 0.25) is 5.95 Å². The Morgan fingerprint density at radius 3 is 2.46 bits per heavy atom. The van der Waals surface area contributed by atoms with Gasteiger partial charge in [-0.1, -0.05) is 35.9 Å². The van der Waals surface area contributed by atoms with Gasteiger partial charge in [-0.2, -0.15) is 0 Å². The van der Waals surface area contributed by atoms with Gasteiger partial charge in [-0.15, -0.1) is 5.10 Å². The number of fused-ring (bicyclic) bond motifs is 1. The summed E-state index contributed by atoms with van der Waals surface area (Å²) in [5.41, 5.74) is 6.04. The smallest absolute Gasteiger partial charge is 0.245 e. The van der Waals surface area contributed by atoms with Crippen molar-refractivity contribution in [3.05, 3.63) is 76.8 Å². The van der Waals surface area contributed by atoms with E-state index < -0.39 is 5.82 Å². The molecular weight excluding hydrogens is 515 g/mol. The zero-order valence-electron chi connectivity index (χ0n) is 22.2. The van der Waals surface area contributed by atoms with Gasteiger partial charge in [0.1, 0.15) is 5.82 Å². The second-order valence-electron chi connectivity index (χ2n) is 10.9. The van der Waals surface area contributed by atoms with Crippen molar-refractivity contribution in [1.29, 1.82) is 0 Å². The SMILES string of the molecule is CN1CCN(Cc2ccc(-c3cc(C4CCC(O)CC4)n4nc(Nc5cc(F)cc(Cl)c5)ncc34)cc2)CC1. The van der Waals surface area contributed by atoms with E-state index in [9.17, 15) is 9.50 Å². The minimum absolute atomic E-state index is 0.232. The number of piperazine rings is 1. The Morgan fingerprint density at radius 2 is 1.74 bits per heavy atom. The monoisotopic (exact) mass is 548 g/mol. The molecule has 4 aromatic rings. The average molecular weight is 549 g/mol. The Kier molecular flexibility index (Phi) is 7.53. The Morgan fingerprint density at radius 1 is 1.00 bits per heavy atom. The summed E-state index contributed by atoms with van der Waals surface area (Å²) in [6.45, 7) is 5.37. The summed E-state index contributed by atoms with van der Waals surface area (Å²) in [5, 5.41) is 18.3. The van der Waals surface area contributed by atoms with Crippen LogP contribution >= 0.6 is 11.6 Å². The molecule has 2 aromatic heterocycles. The number of aromatic nitrogens is 3. The van der Waals surface area contributed by atoms with Gasteiger partial charge >= 0.3 is 0 Å². The van der Waals surface area contributed by atoms with Crippen LogP contribution in [0.2, 0.25) is 5.02 Å². The van der Waals surface area contributed by atoms with Crippen LogP contribution in [0.1, 0.15) is 42.9 Å². The molecule has 1 aliphatic carbocycles. The third-order valence-corrected chi connectivity index (χ3v) is 8.26. The van der Waals surface area contributed by atoms with Gasteiger partial charge in [0, 0.05) is 60.6 Å². The third-order valence-electron chi connectivity index (χ3n) is 8.05. The number of rotatable bonds is 6. The number of anilines is 2. The fraction of sp³-hybridized carbons (Fsp3) is 0.400. The topological polar surface area (TPSA) is 68.9 Å². The molecule has 0 amide bonds. The number of aliphatic hydroxyl groups excluding tert-OH is 1. The third kappa shape index (κ3) is 5.94. The standard InChI is InChI=1S/C30H34ClFN6O/c1-36-10-12-37(13-11-36)19-20-2-4-21(5-3-20)27-17-28(22-6-8-26(39)9-7-22)38-29(27)18-33-30(35-38)34-25-15-23(31)14-24(32)16-25/h2-5,14-18,22,26,39H,6-13,19H2,1H3,(H,34,35). The zero-order chi connectivity index (χ0) is 26.9. The van der Waals surface area contributed by atoms with Crippen LogP contribution in [0.15, 0.2) is 54.7 Å². The van der Waals surface area contributed by atoms with Crippen molar-refractivity contribution in [3.8, 4) is 11.1 Å². The van der Waals surface area contributed by atoms with E-state index in [-0.39, 0.29) is 12.0 Å². The van der Waals surface area contributed by atoms with Crippen molar-refractivity contribution in [2.75, 3.05) is 38.5 Å². The van der Waals surface area contributed by atoms with E-state index >= 15 is 0 Å². The van der Waals surface area contributed by atoms with E-state index in [0.717, 1.165) is 80.7 Å². The number of hydrogen-bond donors (Lipinski definition) is 2. The predicted octanol–water partition coefficient (Wildman–Crippen LogP) is 5.70. The number of nitrogens with one attached hydrogen (secondary N) is 1. The number of likely N-dealkylation sites (N-methyl/N-ethyl adjacent to an activating group) is 1. The molecule has 0 spiro atoms. The van der Waals surface area contributed by atoms with E-state index in [0.29, 0.717) is 16.7 Å². The molecule has 1 saturated heterocycles. The molecule has 2 N–H and O–H groups in total. The molecule has 1 aliphatic heterocycles. The highest BCUT2D eigenvalue weighted by atomic mass is 35.5. The van der Waals surface area contributed by atoms with Crippen molar-refractivity contribution < 1.29 is 9.50 Å². The van der Waals surface area contributed by atoms with Gasteiger partial charge in [0.25, 0.3) is 0 Å². The molecule has 9 heteroatoms. The van der Waals surface area contributed by atoms with Gasteiger partial charge in [-0.05, 0) is 68.1 Å². The first kappa shape index (κ1) is 26.2. The van der Waals surface area contributed by atoms with Crippen LogP contribution in [-0.2, 0) is 6.54 Å². The number of aliphatic hydroxyl groups is 1. The molecule has 2 aromatic carbocycles. The number of benzene rings is 2. The summed E-state index contributed by atoms with van der Waals surface area (Å²) in [5.74, 6) is 0.232. The van der Waals surface area contributed by atoms with E-state index in [2.05, 4.69) is 57.5 Å². The summed E-state index contributed by atoms with van der Waals surface area (Å²) in [4.78, 5) is 9.44. The van der Waals surface area contributed by atoms with Crippen LogP contribution in [0, 0.1) is 5.82 Å². The van der Waals surface area contributed by atoms with Crippen LogP contribution in [0.5, 0.6) is 0 Å². The Bertz CT molecular complexity index is 1420. The Balaban J connectivity index is 1.31. The molecule has 0 unspecified atom stereocenters. The Labute approximate surface area is 233 Å². The fourth-order valence-electron chi connectivity index (χ4n) is 5.77. The number of hydrogen-bond acceptors (Lipinski definition) is 6. The molecule has 7 nitrogen and oxygen atoms in total. The van der Waals surface area contributed by atoms with Crippen molar-refractivity contribution in [2.24, 2.45) is 0 Å². The molecule has 1 saturated carbocycles. The van der Waals surface area contributed by atoms with Crippen LogP contribution in [-0.4, -0.2) is 68.8 Å². The van der Waals surface area contributed by atoms with E-state index in [1.807, 2.05) is 10.7 Å². The summed E-state index contributed by atoms with van der Waals surface area (Å²) in [7, 11) is 2.18.